The van der Waals surface area contributed by atoms with Gasteiger partial charge < -0.3 is 0 Å². The van der Waals surface area contributed by atoms with E-state index in [0.29, 0.717) is 0 Å². The number of nitrogens with one attached hydrogen (secondary N) is 1. The van der Waals surface area contributed by atoms with Crippen LogP contribution in [0.3, 0.4) is 0 Å². The van der Waals surface area contributed by atoms with Gasteiger partial charge in [0, 0.05) is 14.1 Å². The van der Waals surface area contributed by atoms with E-state index in [0.717, 1.165) is 28.6 Å². The number of rotatable bonds is 6. The number of hydrogen-bond donors (Lipinski definition) is 2. The molecule has 3 N–H and O–H groups in total. The van der Waals surface area contributed by atoms with Gasteiger partial charge in [-0.25, -0.2) is 34.7 Å². The molecule has 0 aliphatic carbocycles. The van der Waals surface area contributed by atoms with Crippen LogP contribution in [0, 0.1) is 0 Å². The average molecular weight is 420 g/mol. The van der Waals surface area contributed by atoms with E-state index in [4.69, 9.17) is 5.14 Å². The number of nitrogens with two attached hydrogens (primary N) is 1. The molecule has 9 nitrogen and oxygen atoms in total. The molecule has 142 valence electrons. The molecule has 0 bridgehead atoms. The highest BCUT2D eigenvalue weighted by Gasteiger charge is 2.20. The molecular formula is C14H17N3O6S3. The third-order valence-electron chi connectivity index (χ3n) is 3.33. The summed E-state index contributed by atoms with van der Waals surface area (Å²) in [5, 5.41) is 4.97. The number of benzene rings is 2. The summed E-state index contributed by atoms with van der Waals surface area (Å²) in [6.45, 7) is 0. The minimum Gasteiger partial charge on any atom is -0.280 e. The van der Waals surface area contributed by atoms with E-state index < -0.39 is 30.1 Å². The molecule has 0 aromatic heterocycles. The molecule has 0 fully saturated rings. The second kappa shape index (κ2) is 6.96. The van der Waals surface area contributed by atoms with E-state index in [-0.39, 0.29) is 20.4 Å². The highest BCUT2D eigenvalue weighted by Crippen LogP contribution is 2.21. The van der Waals surface area contributed by atoms with Crippen molar-refractivity contribution in [3.05, 3.63) is 48.5 Å². The van der Waals surface area contributed by atoms with E-state index >= 15 is 0 Å². The van der Waals surface area contributed by atoms with Crippen molar-refractivity contribution in [2.24, 2.45) is 5.14 Å². The molecule has 0 atom stereocenters. The third kappa shape index (κ3) is 4.40. The first-order chi connectivity index (χ1) is 11.8. The second-order valence-corrected chi connectivity index (χ2v) is 10.8. The Morgan fingerprint density at radius 3 is 1.85 bits per heavy atom. The van der Waals surface area contributed by atoms with Crippen molar-refractivity contribution in [1.82, 2.24) is 4.31 Å². The Hall–Kier alpha value is -1.99. The maximum atomic E-state index is 12.4. The Bertz CT molecular complexity index is 1120. The normalized spacial score (nSPS) is 12.9. The molecule has 0 aliphatic heterocycles. The molecule has 0 unspecified atom stereocenters. The van der Waals surface area contributed by atoms with Gasteiger partial charge in [0.1, 0.15) is 0 Å². The van der Waals surface area contributed by atoms with Gasteiger partial charge in [-0.3, -0.25) is 4.72 Å². The lowest BCUT2D eigenvalue weighted by atomic mass is 10.3. The van der Waals surface area contributed by atoms with Gasteiger partial charge in [0.25, 0.3) is 10.0 Å². The molecule has 0 spiro atoms. The Balaban J connectivity index is 2.36. The molecule has 0 heterocycles. The monoisotopic (exact) mass is 419 g/mol. The van der Waals surface area contributed by atoms with Gasteiger partial charge in [0.05, 0.1) is 20.4 Å². The maximum absolute atomic E-state index is 12.4. The van der Waals surface area contributed by atoms with Crippen molar-refractivity contribution < 1.29 is 25.3 Å². The van der Waals surface area contributed by atoms with Crippen LogP contribution in [0.2, 0.25) is 0 Å². The van der Waals surface area contributed by atoms with Crippen molar-refractivity contribution in [1.29, 1.82) is 0 Å². The van der Waals surface area contributed by atoms with E-state index in [1.165, 1.54) is 38.4 Å². The van der Waals surface area contributed by atoms with Gasteiger partial charge in [0.15, 0.2) is 0 Å². The molecule has 2 aromatic carbocycles. The lowest BCUT2D eigenvalue weighted by molar-refractivity contribution is 0.520. The average Bonchev–Trinajstić information content (AvgIpc) is 2.54. The summed E-state index contributed by atoms with van der Waals surface area (Å²) in [6.07, 6.45) is 0. The maximum Gasteiger partial charge on any atom is 0.261 e. The van der Waals surface area contributed by atoms with Crippen LogP contribution in [-0.2, 0) is 30.1 Å². The fourth-order valence-corrected chi connectivity index (χ4v) is 4.47. The topological polar surface area (TPSA) is 144 Å². The minimum absolute atomic E-state index is 0.0449. The molecule has 2 aromatic rings. The quantitative estimate of drug-likeness (QED) is 0.693. The lowest BCUT2D eigenvalue weighted by Gasteiger charge is -2.13. The standard InChI is InChI=1S/C14H17N3O6S3/c1-17(2)26(22,23)14-5-3-4-11(10-14)16-25(20,21)13-8-6-12(7-9-13)24(15,18)19/h3-10,16H,1-2H3,(H2,15,18,19). The fraction of sp³-hybridized carbons (Fsp3) is 0.143. The molecular weight excluding hydrogens is 402 g/mol. The van der Waals surface area contributed by atoms with Crippen LogP contribution < -0.4 is 9.86 Å². The van der Waals surface area contributed by atoms with Crippen molar-refractivity contribution in [2.75, 3.05) is 18.8 Å². The fourth-order valence-electron chi connectivity index (χ4n) is 1.95. The Kier molecular flexibility index (Phi) is 5.44. The Morgan fingerprint density at radius 1 is 0.808 bits per heavy atom. The zero-order valence-electron chi connectivity index (χ0n) is 13.8. The summed E-state index contributed by atoms with van der Waals surface area (Å²) in [5.41, 5.74) is 0.0449. The van der Waals surface area contributed by atoms with Crippen LogP contribution in [0.4, 0.5) is 5.69 Å². The Labute approximate surface area is 152 Å². The first kappa shape index (κ1) is 20.3. The molecule has 12 heteroatoms. The first-order valence-electron chi connectivity index (χ1n) is 7.02. The number of sulfonamides is 3. The summed E-state index contributed by atoms with van der Waals surface area (Å²) < 4.78 is 74.8. The van der Waals surface area contributed by atoms with Gasteiger partial charge in [-0.1, -0.05) is 6.07 Å². The van der Waals surface area contributed by atoms with Crippen LogP contribution in [0.5, 0.6) is 0 Å². The number of nitrogens with zero attached hydrogens (tertiary/aromatic N) is 1. The minimum atomic E-state index is -4.05. The second-order valence-electron chi connectivity index (χ2n) is 5.44. The van der Waals surface area contributed by atoms with E-state index in [9.17, 15) is 25.3 Å². The van der Waals surface area contributed by atoms with Gasteiger partial charge in [0.2, 0.25) is 20.0 Å². The van der Waals surface area contributed by atoms with Gasteiger partial charge in [-0.15, -0.1) is 0 Å². The molecule has 0 aliphatic rings. The first-order valence-corrected chi connectivity index (χ1v) is 11.5. The molecule has 2 rings (SSSR count). The van der Waals surface area contributed by atoms with E-state index in [1.807, 2.05) is 0 Å². The van der Waals surface area contributed by atoms with Crippen molar-refractivity contribution >= 4 is 35.8 Å². The summed E-state index contributed by atoms with van der Waals surface area (Å²) in [5.74, 6) is 0. The highest BCUT2D eigenvalue weighted by molar-refractivity contribution is 7.92. The predicted octanol–water partition coefficient (Wildman–Crippen LogP) is 0.385. The van der Waals surface area contributed by atoms with Crippen LogP contribution in [0.15, 0.2) is 63.2 Å². The van der Waals surface area contributed by atoms with E-state index in [2.05, 4.69) is 4.72 Å². The third-order valence-corrected chi connectivity index (χ3v) is 7.46. The zero-order chi connectivity index (χ0) is 19.8. The predicted molar refractivity (Wildman–Crippen MR) is 95.9 cm³/mol. The van der Waals surface area contributed by atoms with Gasteiger partial charge in [-0.2, -0.15) is 0 Å². The van der Waals surface area contributed by atoms with Crippen molar-refractivity contribution in [3.8, 4) is 0 Å². The Morgan fingerprint density at radius 2 is 1.35 bits per heavy atom. The number of primary sulfonamides is 1. The van der Waals surface area contributed by atoms with Crippen molar-refractivity contribution in [2.45, 2.75) is 14.7 Å². The largest absolute Gasteiger partial charge is 0.280 e. The summed E-state index contributed by atoms with van der Waals surface area (Å²) in [6, 6.07) is 9.63. The van der Waals surface area contributed by atoms with Gasteiger partial charge >= 0.3 is 0 Å². The molecule has 0 amide bonds. The number of anilines is 1. The molecule has 0 radical (unpaired) electrons. The summed E-state index contributed by atoms with van der Waals surface area (Å²) in [7, 11) is -9.00. The van der Waals surface area contributed by atoms with Crippen LogP contribution in [0.1, 0.15) is 0 Å². The summed E-state index contributed by atoms with van der Waals surface area (Å²) >= 11 is 0. The van der Waals surface area contributed by atoms with Crippen LogP contribution >= 0.6 is 0 Å². The van der Waals surface area contributed by atoms with Crippen LogP contribution in [0.25, 0.3) is 0 Å². The lowest BCUT2D eigenvalue weighted by Crippen LogP contribution is -2.22. The molecule has 0 saturated carbocycles. The van der Waals surface area contributed by atoms with Crippen LogP contribution in [-0.4, -0.2) is 43.7 Å². The molecule has 0 saturated heterocycles. The smallest absolute Gasteiger partial charge is 0.261 e. The van der Waals surface area contributed by atoms with Gasteiger partial charge in [-0.05, 0) is 42.5 Å². The SMILES string of the molecule is CN(C)S(=O)(=O)c1cccc(NS(=O)(=O)c2ccc(S(N)(=O)=O)cc2)c1. The molecule has 26 heavy (non-hydrogen) atoms. The summed E-state index contributed by atoms with van der Waals surface area (Å²) in [4.78, 5) is -0.506. The number of hydrogen-bond acceptors (Lipinski definition) is 6. The van der Waals surface area contributed by atoms with Crippen molar-refractivity contribution in [3.63, 3.8) is 0 Å². The zero-order valence-corrected chi connectivity index (χ0v) is 16.3. The highest BCUT2D eigenvalue weighted by atomic mass is 32.2. The van der Waals surface area contributed by atoms with E-state index in [1.54, 1.807) is 0 Å².